The van der Waals surface area contributed by atoms with Crippen LogP contribution in [0, 0.1) is 20.8 Å². The molecule has 0 amide bonds. The van der Waals surface area contributed by atoms with E-state index in [-0.39, 0.29) is 5.30 Å². The van der Waals surface area contributed by atoms with E-state index >= 15 is 0 Å². The summed E-state index contributed by atoms with van der Waals surface area (Å²) in [6, 6.07) is 3.36. The Morgan fingerprint density at radius 2 is 1.46 bits per heavy atom. The quantitative estimate of drug-likeness (QED) is 0.674. The van der Waals surface area contributed by atoms with Crippen LogP contribution in [-0.2, 0) is 4.57 Å². The Labute approximate surface area is 77.6 Å². The zero-order valence-corrected chi connectivity index (χ0v) is 8.80. The van der Waals surface area contributed by atoms with Gasteiger partial charge in [-0.25, -0.2) is 0 Å². The van der Waals surface area contributed by atoms with Crippen molar-refractivity contribution < 1.29 is 14.4 Å². The van der Waals surface area contributed by atoms with Crippen LogP contribution < -0.4 is 5.30 Å². The van der Waals surface area contributed by atoms with Gasteiger partial charge in [0.25, 0.3) is 0 Å². The minimum atomic E-state index is -4.10. The van der Waals surface area contributed by atoms with Crippen molar-refractivity contribution in [2.75, 3.05) is 0 Å². The highest BCUT2D eigenvalue weighted by atomic mass is 31.2. The van der Waals surface area contributed by atoms with Gasteiger partial charge in [-0.1, -0.05) is 6.07 Å². The SMILES string of the molecule is Cc1cc(C)c(P(=O)(O)O)cc1C. The Morgan fingerprint density at radius 1 is 1.00 bits per heavy atom. The number of hydrogen-bond acceptors (Lipinski definition) is 1. The van der Waals surface area contributed by atoms with E-state index in [1.165, 1.54) is 0 Å². The Kier molecular flexibility index (Phi) is 2.62. The van der Waals surface area contributed by atoms with E-state index in [1.54, 1.807) is 19.1 Å². The van der Waals surface area contributed by atoms with Gasteiger partial charge in [0.2, 0.25) is 0 Å². The van der Waals surface area contributed by atoms with Gasteiger partial charge in [-0.3, -0.25) is 4.57 Å². The van der Waals surface area contributed by atoms with Crippen molar-refractivity contribution in [2.45, 2.75) is 20.8 Å². The zero-order valence-electron chi connectivity index (χ0n) is 7.90. The minimum Gasteiger partial charge on any atom is -0.321 e. The molecule has 0 fully saturated rings. The van der Waals surface area contributed by atoms with Crippen molar-refractivity contribution in [2.24, 2.45) is 0 Å². The first-order chi connectivity index (χ1) is 5.82. The standard InChI is InChI=1S/C9H13O3P/c1-6-4-8(3)9(5-7(6)2)13(10,11)12/h4-5H,1-3H3,(H2,10,11,12). The van der Waals surface area contributed by atoms with E-state index in [4.69, 9.17) is 9.79 Å². The highest BCUT2D eigenvalue weighted by molar-refractivity contribution is 7.60. The molecule has 13 heavy (non-hydrogen) atoms. The molecular weight excluding hydrogens is 187 g/mol. The molecule has 0 unspecified atom stereocenters. The van der Waals surface area contributed by atoms with Crippen LogP contribution in [0.15, 0.2) is 12.1 Å². The molecule has 0 bridgehead atoms. The second-order valence-corrected chi connectivity index (χ2v) is 4.84. The molecule has 0 aromatic heterocycles. The molecule has 2 N–H and O–H groups in total. The summed E-state index contributed by atoms with van der Waals surface area (Å²) < 4.78 is 11.0. The monoisotopic (exact) mass is 200 g/mol. The van der Waals surface area contributed by atoms with Crippen molar-refractivity contribution in [3.63, 3.8) is 0 Å². The second-order valence-electron chi connectivity index (χ2n) is 3.27. The van der Waals surface area contributed by atoms with Gasteiger partial charge >= 0.3 is 7.60 Å². The summed E-state index contributed by atoms with van der Waals surface area (Å²) in [5.74, 6) is 0. The molecule has 3 nitrogen and oxygen atoms in total. The summed E-state index contributed by atoms with van der Waals surface area (Å²) in [4.78, 5) is 18.0. The average molecular weight is 200 g/mol. The molecule has 0 aliphatic carbocycles. The Balaban J connectivity index is 3.41. The van der Waals surface area contributed by atoms with E-state index in [0.29, 0.717) is 5.56 Å². The van der Waals surface area contributed by atoms with E-state index in [0.717, 1.165) is 11.1 Å². The van der Waals surface area contributed by atoms with Gasteiger partial charge in [0.15, 0.2) is 0 Å². The van der Waals surface area contributed by atoms with Crippen LogP contribution in [-0.4, -0.2) is 9.79 Å². The first kappa shape index (κ1) is 10.5. The van der Waals surface area contributed by atoms with Crippen LogP contribution >= 0.6 is 7.60 Å². The molecule has 0 atom stereocenters. The second kappa shape index (κ2) is 3.26. The molecule has 1 rings (SSSR count). The van der Waals surface area contributed by atoms with Crippen LogP contribution in [0.3, 0.4) is 0 Å². The van der Waals surface area contributed by atoms with Crippen molar-refractivity contribution in [1.29, 1.82) is 0 Å². The van der Waals surface area contributed by atoms with Gasteiger partial charge in [-0.15, -0.1) is 0 Å². The molecule has 0 heterocycles. The number of rotatable bonds is 1. The molecule has 1 aromatic carbocycles. The van der Waals surface area contributed by atoms with Gasteiger partial charge in [0, 0.05) is 0 Å². The van der Waals surface area contributed by atoms with Crippen molar-refractivity contribution in [3.05, 3.63) is 28.8 Å². The molecule has 1 aromatic rings. The molecule has 0 saturated heterocycles. The lowest BCUT2D eigenvalue weighted by Gasteiger charge is -2.10. The lowest BCUT2D eigenvalue weighted by atomic mass is 10.1. The molecular formula is C9H13O3P. The molecule has 0 saturated carbocycles. The highest BCUT2D eigenvalue weighted by Gasteiger charge is 2.20. The van der Waals surface area contributed by atoms with Crippen molar-refractivity contribution in [1.82, 2.24) is 0 Å². The Morgan fingerprint density at radius 3 is 1.92 bits per heavy atom. The normalized spacial score (nSPS) is 11.8. The van der Waals surface area contributed by atoms with Crippen LogP contribution in [0.4, 0.5) is 0 Å². The van der Waals surface area contributed by atoms with Gasteiger partial charge in [-0.2, -0.15) is 0 Å². The summed E-state index contributed by atoms with van der Waals surface area (Å²) in [6.45, 7) is 5.47. The van der Waals surface area contributed by atoms with Crippen LogP contribution in [0.5, 0.6) is 0 Å². The van der Waals surface area contributed by atoms with Crippen molar-refractivity contribution in [3.8, 4) is 0 Å². The molecule has 0 radical (unpaired) electrons. The molecule has 0 aliphatic heterocycles. The van der Waals surface area contributed by atoms with Crippen LogP contribution in [0.25, 0.3) is 0 Å². The number of benzene rings is 1. The Bertz CT molecular complexity index is 379. The van der Waals surface area contributed by atoms with E-state index in [2.05, 4.69) is 0 Å². The van der Waals surface area contributed by atoms with Gasteiger partial charge in [0.1, 0.15) is 0 Å². The predicted octanol–water partition coefficient (Wildman–Crippen LogP) is 1.41. The van der Waals surface area contributed by atoms with Gasteiger partial charge in [0.05, 0.1) is 5.30 Å². The van der Waals surface area contributed by atoms with E-state index in [9.17, 15) is 4.57 Å². The Hall–Kier alpha value is -0.630. The highest BCUT2D eigenvalue weighted by Crippen LogP contribution is 2.35. The smallest absolute Gasteiger partial charge is 0.321 e. The first-order valence-corrected chi connectivity index (χ1v) is 5.57. The minimum absolute atomic E-state index is 0.135. The lowest BCUT2D eigenvalue weighted by molar-refractivity contribution is 0.387. The summed E-state index contributed by atoms with van der Waals surface area (Å²) in [6.07, 6.45) is 0. The van der Waals surface area contributed by atoms with Crippen LogP contribution in [0.2, 0.25) is 0 Å². The third kappa shape index (κ3) is 2.19. The fourth-order valence-electron chi connectivity index (χ4n) is 1.26. The average Bonchev–Trinajstić information content (AvgIpc) is 1.94. The van der Waals surface area contributed by atoms with Crippen LogP contribution in [0.1, 0.15) is 16.7 Å². The number of hydrogen-bond donors (Lipinski definition) is 2. The maximum absolute atomic E-state index is 11.0. The fraction of sp³-hybridized carbons (Fsp3) is 0.333. The van der Waals surface area contributed by atoms with Gasteiger partial charge < -0.3 is 9.79 Å². The summed E-state index contributed by atoms with van der Waals surface area (Å²) in [5.41, 5.74) is 2.61. The van der Waals surface area contributed by atoms with Gasteiger partial charge in [-0.05, 0) is 43.5 Å². The summed E-state index contributed by atoms with van der Waals surface area (Å²) >= 11 is 0. The molecule has 4 heteroatoms. The van der Waals surface area contributed by atoms with Crippen molar-refractivity contribution >= 4 is 12.9 Å². The molecule has 0 aliphatic rings. The zero-order chi connectivity index (χ0) is 10.2. The van der Waals surface area contributed by atoms with E-state index in [1.807, 2.05) is 13.8 Å². The maximum Gasteiger partial charge on any atom is 0.356 e. The topological polar surface area (TPSA) is 57.5 Å². The van der Waals surface area contributed by atoms with E-state index < -0.39 is 7.60 Å². The summed E-state index contributed by atoms with van der Waals surface area (Å²) in [5, 5.41) is 0.135. The third-order valence-electron chi connectivity index (χ3n) is 2.13. The lowest BCUT2D eigenvalue weighted by Crippen LogP contribution is -2.09. The molecule has 0 spiro atoms. The summed E-state index contributed by atoms with van der Waals surface area (Å²) in [7, 11) is -4.10. The molecule has 72 valence electrons. The maximum atomic E-state index is 11.0. The number of aryl methyl sites for hydroxylation is 3. The third-order valence-corrected chi connectivity index (χ3v) is 3.24. The first-order valence-electron chi connectivity index (χ1n) is 3.96. The largest absolute Gasteiger partial charge is 0.356 e. The predicted molar refractivity (Wildman–Crippen MR) is 52.3 cm³/mol. The fourth-order valence-corrected chi connectivity index (χ4v) is 2.14.